The van der Waals surface area contributed by atoms with Gasteiger partial charge in [-0.3, -0.25) is 4.79 Å². The van der Waals surface area contributed by atoms with Crippen LogP contribution < -0.4 is 10.1 Å². The third-order valence-corrected chi connectivity index (χ3v) is 5.82. The predicted molar refractivity (Wildman–Crippen MR) is 109 cm³/mol. The summed E-state index contributed by atoms with van der Waals surface area (Å²) in [6.45, 7) is 4.40. The number of hydrogen-bond donors (Lipinski definition) is 2. The van der Waals surface area contributed by atoms with Crippen molar-refractivity contribution in [2.45, 2.75) is 25.5 Å². The first kappa shape index (κ1) is 17.5. The molecule has 2 aliphatic heterocycles. The minimum absolute atomic E-state index is 0.0498. The van der Waals surface area contributed by atoms with Crippen LogP contribution in [0.15, 0.2) is 36.7 Å². The highest BCUT2D eigenvalue weighted by atomic mass is 35.5. The molecule has 2 aliphatic rings. The molecule has 1 unspecified atom stereocenters. The number of carbonyl (C=O) groups excluding carboxylic acids is 1. The van der Waals surface area contributed by atoms with Gasteiger partial charge in [-0.2, -0.15) is 0 Å². The van der Waals surface area contributed by atoms with Crippen LogP contribution >= 0.6 is 11.6 Å². The summed E-state index contributed by atoms with van der Waals surface area (Å²) in [6.07, 6.45) is 3.67. The second-order valence-electron chi connectivity index (χ2n) is 7.44. The number of piperazine rings is 1. The summed E-state index contributed by atoms with van der Waals surface area (Å²) in [5.74, 6) is 0.799. The lowest BCUT2D eigenvalue weighted by atomic mass is 9.99. The first-order valence-corrected chi connectivity index (χ1v) is 9.92. The van der Waals surface area contributed by atoms with E-state index in [1.807, 2.05) is 35.4 Å². The molecule has 1 fully saturated rings. The van der Waals surface area contributed by atoms with Gasteiger partial charge >= 0.3 is 0 Å². The third-order valence-electron chi connectivity index (χ3n) is 5.61. The standard InChI is InChI=1S/C21H21ClN4O2/c1-12-11-23-6-7-26(12)21(27)18-9-13-8-14(22)10-17(19(13)28-18)15-2-4-24-20-16(15)3-5-25-20/h2-5,8,10,12,18,23H,6-7,9,11H2,1H3,(H,24,25)/t12-,18?/m1/s1. The van der Waals surface area contributed by atoms with Crippen LogP contribution in [0.5, 0.6) is 5.75 Å². The van der Waals surface area contributed by atoms with Crippen molar-refractivity contribution in [2.75, 3.05) is 19.6 Å². The Morgan fingerprint density at radius 2 is 2.21 bits per heavy atom. The van der Waals surface area contributed by atoms with E-state index in [0.29, 0.717) is 18.0 Å². The van der Waals surface area contributed by atoms with Gasteiger partial charge in [0.05, 0.1) is 0 Å². The van der Waals surface area contributed by atoms with Crippen molar-refractivity contribution in [3.05, 3.63) is 47.2 Å². The molecule has 0 radical (unpaired) electrons. The number of halogens is 1. The molecule has 2 aromatic heterocycles. The van der Waals surface area contributed by atoms with Crippen LogP contribution in [0.1, 0.15) is 12.5 Å². The molecular formula is C21H21ClN4O2. The number of carbonyl (C=O) groups is 1. The van der Waals surface area contributed by atoms with Crippen LogP contribution in [-0.4, -0.2) is 52.6 Å². The second-order valence-corrected chi connectivity index (χ2v) is 7.87. The summed E-state index contributed by atoms with van der Waals surface area (Å²) < 4.78 is 6.24. The van der Waals surface area contributed by atoms with Crippen molar-refractivity contribution in [1.29, 1.82) is 0 Å². The molecule has 0 aliphatic carbocycles. The van der Waals surface area contributed by atoms with E-state index in [0.717, 1.165) is 46.6 Å². The Balaban J connectivity index is 1.52. The Labute approximate surface area is 167 Å². The van der Waals surface area contributed by atoms with Crippen LogP contribution in [0.25, 0.3) is 22.2 Å². The van der Waals surface area contributed by atoms with E-state index in [1.165, 1.54) is 0 Å². The van der Waals surface area contributed by atoms with Gasteiger partial charge in [-0.15, -0.1) is 0 Å². The molecule has 0 saturated carbocycles. The minimum Gasteiger partial charge on any atom is -0.479 e. The maximum absolute atomic E-state index is 13.1. The van der Waals surface area contributed by atoms with E-state index in [4.69, 9.17) is 16.3 Å². The normalized spacial score (nSPS) is 21.6. The van der Waals surface area contributed by atoms with E-state index < -0.39 is 6.10 Å². The van der Waals surface area contributed by atoms with Crippen LogP contribution in [0.3, 0.4) is 0 Å². The molecule has 144 valence electrons. The van der Waals surface area contributed by atoms with Crippen LogP contribution in [0, 0.1) is 0 Å². The smallest absolute Gasteiger partial charge is 0.264 e. The lowest BCUT2D eigenvalue weighted by molar-refractivity contribution is -0.140. The number of rotatable bonds is 2. The van der Waals surface area contributed by atoms with Crippen molar-refractivity contribution < 1.29 is 9.53 Å². The number of nitrogens with one attached hydrogen (secondary N) is 2. The van der Waals surface area contributed by atoms with Crippen LogP contribution in [-0.2, 0) is 11.2 Å². The quantitative estimate of drug-likeness (QED) is 0.698. The zero-order valence-electron chi connectivity index (χ0n) is 15.5. The summed E-state index contributed by atoms with van der Waals surface area (Å²) in [7, 11) is 0. The van der Waals surface area contributed by atoms with Gasteiger partial charge in [-0.25, -0.2) is 4.98 Å². The molecule has 2 atom stereocenters. The van der Waals surface area contributed by atoms with Gasteiger partial charge in [0.1, 0.15) is 11.4 Å². The SMILES string of the molecule is C[C@@H]1CNCCN1C(=O)C1Cc2cc(Cl)cc(-c3ccnc4[nH]ccc34)c2O1. The Kier molecular flexibility index (Phi) is 4.25. The average molecular weight is 397 g/mol. The number of H-pyrrole nitrogens is 1. The molecule has 0 spiro atoms. The van der Waals surface area contributed by atoms with Crippen molar-refractivity contribution in [2.24, 2.45) is 0 Å². The third kappa shape index (κ3) is 2.84. The number of aromatic nitrogens is 2. The summed E-state index contributed by atoms with van der Waals surface area (Å²) in [4.78, 5) is 22.5. The fourth-order valence-corrected chi connectivity index (χ4v) is 4.45. The molecular weight excluding hydrogens is 376 g/mol. The number of aromatic amines is 1. The fraction of sp³-hybridized carbons (Fsp3) is 0.333. The number of fused-ring (bicyclic) bond motifs is 2. The Hall–Kier alpha value is -2.57. The van der Waals surface area contributed by atoms with Crippen molar-refractivity contribution in [3.63, 3.8) is 0 Å². The van der Waals surface area contributed by atoms with Crippen molar-refractivity contribution >= 4 is 28.5 Å². The Morgan fingerprint density at radius 1 is 1.32 bits per heavy atom. The average Bonchev–Trinajstić information content (AvgIpc) is 3.33. The monoisotopic (exact) mass is 396 g/mol. The van der Waals surface area contributed by atoms with E-state index in [1.54, 1.807) is 6.20 Å². The number of amides is 1. The summed E-state index contributed by atoms with van der Waals surface area (Å²) in [5.41, 5.74) is 3.68. The maximum atomic E-state index is 13.1. The molecule has 2 N–H and O–H groups in total. The van der Waals surface area contributed by atoms with Gasteiger partial charge in [-0.1, -0.05) is 11.6 Å². The molecule has 5 rings (SSSR count). The predicted octanol–water partition coefficient (Wildman–Crippen LogP) is 3.01. The first-order valence-electron chi connectivity index (χ1n) is 9.54. The molecule has 1 saturated heterocycles. The van der Waals surface area contributed by atoms with Gasteiger partial charge < -0.3 is 19.9 Å². The van der Waals surface area contributed by atoms with Gasteiger partial charge in [0, 0.05) is 66.0 Å². The molecule has 1 amide bonds. The highest BCUT2D eigenvalue weighted by Gasteiger charge is 2.36. The Morgan fingerprint density at radius 3 is 3.07 bits per heavy atom. The van der Waals surface area contributed by atoms with Gasteiger partial charge in [0.15, 0.2) is 6.10 Å². The fourth-order valence-electron chi connectivity index (χ4n) is 4.21. The molecule has 0 bridgehead atoms. The van der Waals surface area contributed by atoms with Gasteiger partial charge in [0.2, 0.25) is 0 Å². The number of nitrogens with zero attached hydrogens (tertiary/aromatic N) is 2. The van der Waals surface area contributed by atoms with Crippen LogP contribution in [0.4, 0.5) is 0 Å². The highest BCUT2D eigenvalue weighted by Crippen LogP contribution is 2.43. The molecule has 28 heavy (non-hydrogen) atoms. The largest absolute Gasteiger partial charge is 0.479 e. The van der Waals surface area contributed by atoms with E-state index in [2.05, 4.69) is 22.2 Å². The maximum Gasteiger partial charge on any atom is 0.264 e. The van der Waals surface area contributed by atoms with E-state index >= 15 is 0 Å². The molecule has 3 aromatic rings. The first-order chi connectivity index (χ1) is 13.6. The van der Waals surface area contributed by atoms with Gasteiger partial charge in [-0.05, 0) is 36.8 Å². The number of benzene rings is 1. The second kappa shape index (κ2) is 6.79. The van der Waals surface area contributed by atoms with E-state index in [-0.39, 0.29) is 11.9 Å². The van der Waals surface area contributed by atoms with Gasteiger partial charge in [0.25, 0.3) is 5.91 Å². The highest BCUT2D eigenvalue weighted by molar-refractivity contribution is 6.31. The zero-order valence-corrected chi connectivity index (χ0v) is 16.3. The lowest BCUT2D eigenvalue weighted by Gasteiger charge is -2.35. The summed E-state index contributed by atoms with van der Waals surface area (Å²) >= 11 is 6.42. The lowest BCUT2D eigenvalue weighted by Crippen LogP contribution is -2.55. The van der Waals surface area contributed by atoms with E-state index in [9.17, 15) is 4.79 Å². The topological polar surface area (TPSA) is 70.2 Å². The van der Waals surface area contributed by atoms with Crippen molar-refractivity contribution in [3.8, 4) is 16.9 Å². The minimum atomic E-state index is -0.503. The number of pyridine rings is 1. The number of hydrogen-bond acceptors (Lipinski definition) is 4. The molecule has 4 heterocycles. The number of ether oxygens (including phenoxy) is 1. The van der Waals surface area contributed by atoms with Crippen molar-refractivity contribution in [1.82, 2.24) is 20.2 Å². The Bertz CT molecular complexity index is 1060. The molecule has 1 aromatic carbocycles. The summed E-state index contributed by atoms with van der Waals surface area (Å²) in [5, 5.41) is 4.96. The molecule has 7 heteroatoms. The zero-order chi connectivity index (χ0) is 19.3. The van der Waals surface area contributed by atoms with Crippen LogP contribution in [0.2, 0.25) is 5.02 Å². The summed E-state index contributed by atoms with van der Waals surface area (Å²) in [6, 6.07) is 7.92. The molecule has 6 nitrogen and oxygen atoms in total.